The molecule has 2 rings (SSSR count). The van der Waals surface area contributed by atoms with Gasteiger partial charge in [-0.1, -0.05) is 5.16 Å². The van der Waals surface area contributed by atoms with Gasteiger partial charge in [-0.05, 0) is 13.8 Å². The summed E-state index contributed by atoms with van der Waals surface area (Å²) in [6, 6.07) is 1.54. The molecule has 118 valence electrons. The summed E-state index contributed by atoms with van der Waals surface area (Å²) >= 11 is 0. The second kappa shape index (κ2) is 7.53. The lowest BCUT2D eigenvalue weighted by Gasteiger charge is -2.37. The number of amides is 1. The summed E-state index contributed by atoms with van der Waals surface area (Å²) in [6.45, 7) is 9.11. The molecule has 0 bridgehead atoms. The second-order valence-corrected chi connectivity index (χ2v) is 5.36. The summed E-state index contributed by atoms with van der Waals surface area (Å²) in [4.78, 5) is 16.7. The molecule has 1 aromatic heterocycles. The lowest BCUT2D eigenvalue weighted by Crippen LogP contribution is -2.53. The molecule has 1 amide bonds. The Kier molecular flexibility index (Phi) is 5.72. The third-order valence-corrected chi connectivity index (χ3v) is 3.82. The summed E-state index contributed by atoms with van der Waals surface area (Å²) in [5.41, 5.74) is 0. The van der Waals surface area contributed by atoms with Crippen LogP contribution in [0, 0.1) is 6.92 Å². The first-order valence-corrected chi connectivity index (χ1v) is 7.29. The number of ether oxygens (including phenoxy) is 1. The Morgan fingerprint density at radius 1 is 1.48 bits per heavy atom. The molecule has 7 nitrogen and oxygen atoms in total. The monoisotopic (exact) mass is 296 g/mol. The van der Waals surface area contributed by atoms with Crippen LogP contribution < -0.4 is 5.32 Å². The molecule has 0 aliphatic carbocycles. The number of methoxy groups -OCH3 is 1. The Morgan fingerprint density at radius 2 is 2.19 bits per heavy atom. The van der Waals surface area contributed by atoms with Crippen LogP contribution in [0.3, 0.4) is 0 Å². The Labute approximate surface area is 125 Å². The van der Waals surface area contributed by atoms with E-state index >= 15 is 0 Å². The van der Waals surface area contributed by atoms with Gasteiger partial charge in [-0.3, -0.25) is 14.6 Å². The zero-order chi connectivity index (χ0) is 15.2. The molecule has 7 heteroatoms. The van der Waals surface area contributed by atoms with Crippen LogP contribution in [0.5, 0.6) is 0 Å². The SMILES string of the molecule is COCCN1CCN(C(C)C(=O)Nc2cc(C)on2)CC1. The third-order valence-electron chi connectivity index (χ3n) is 3.82. The fraction of sp³-hybridized carbons (Fsp3) is 0.714. The van der Waals surface area contributed by atoms with Crippen LogP contribution in [0.4, 0.5) is 5.82 Å². The van der Waals surface area contributed by atoms with Gasteiger partial charge in [0.15, 0.2) is 5.82 Å². The quantitative estimate of drug-likeness (QED) is 0.828. The molecule has 2 heterocycles. The van der Waals surface area contributed by atoms with Crippen molar-refractivity contribution in [3.63, 3.8) is 0 Å². The van der Waals surface area contributed by atoms with Crippen molar-refractivity contribution in [2.45, 2.75) is 19.9 Å². The number of aryl methyl sites for hydroxylation is 1. The van der Waals surface area contributed by atoms with E-state index < -0.39 is 0 Å². The number of aromatic nitrogens is 1. The number of rotatable bonds is 6. The van der Waals surface area contributed by atoms with E-state index in [0.29, 0.717) is 11.6 Å². The van der Waals surface area contributed by atoms with E-state index in [-0.39, 0.29) is 11.9 Å². The molecule has 1 N–H and O–H groups in total. The van der Waals surface area contributed by atoms with Gasteiger partial charge in [0, 0.05) is 45.9 Å². The highest BCUT2D eigenvalue weighted by atomic mass is 16.5. The first-order chi connectivity index (χ1) is 10.1. The predicted octanol–water partition coefficient (Wildman–Crippen LogP) is 0.574. The average Bonchev–Trinajstić information content (AvgIpc) is 2.90. The van der Waals surface area contributed by atoms with Crippen molar-refractivity contribution in [3.8, 4) is 0 Å². The largest absolute Gasteiger partial charge is 0.383 e. The Bertz CT molecular complexity index is 455. The highest BCUT2D eigenvalue weighted by molar-refractivity contribution is 5.93. The van der Waals surface area contributed by atoms with Crippen LogP contribution in [-0.2, 0) is 9.53 Å². The van der Waals surface area contributed by atoms with Crippen molar-refractivity contribution in [1.82, 2.24) is 15.0 Å². The molecule has 0 aromatic carbocycles. The van der Waals surface area contributed by atoms with Crippen molar-refractivity contribution >= 4 is 11.7 Å². The zero-order valence-corrected chi connectivity index (χ0v) is 13.0. The van der Waals surface area contributed by atoms with E-state index in [1.807, 2.05) is 6.92 Å². The summed E-state index contributed by atoms with van der Waals surface area (Å²) in [5.74, 6) is 1.11. The highest BCUT2D eigenvalue weighted by Gasteiger charge is 2.25. The summed E-state index contributed by atoms with van der Waals surface area (Å²) in [7, 11) is 1.72. The van der Waals surface area contributed by atoms with Crippen LogP contribution in [0.1, 0.15) is 12.7 Å². The minimum Gasteiger partial charge on any atom is -0.383 e. The van der Waals surface area contributed by atoms with Gasteiger partial charge in [-0.15, -0.1) is 0 Å². The van der Waals surface area contributed by atoms with Gasteiger partial charge in [0.25, 0.3) is 0 Å². The molecule has 1 atom stereocenters. The van der Waals surface area contributed by atoms with Crippen LogP contribution in [0.25, 0.3) is 0 Å². The molecule has 1 aliphatic rings. The first-order valence-electron chi connectivity index (χ1n) is 7.29. The van der Waals surface area contributed by atoms with Crippen molar-refractivity contribution in [2.75, 3.05) is 51.8 Å². The van der Waals surface area contributed by atoms with Crippen LogP contribution in [0.15, 0.2) is 10.6 Å². The number of piperazine rings is 1. The Morgan fingerprint density at radius 3 is 2.76 bits per heavy atom. The molecule has 1 aliphatic heterocycles. The standard InChI is InChI=1S/C14H24N4O3/c1-11-10-13(16-21-11)15-14(19)12(2)18-6-4-17(5-7-18)8-9-20-3/h10,12H,4-9H2,1-3H3,(H,15,16,19). The van der Waals surface area contributed by atoms with E-state index in [0.717, 1.165) is 39.3 Å². The molecule has 1 fully saturated rings. The smallest absolute Gasteiger partial charge is 0.242 e. The summed E-state index contributed by atoms with van der Waals surface area (Å²) in [6.07, 6.45) is 0. The maximum absolute atomic E-state index is 12.2. The number of anilines is 1. The van der Waals surface area contributed by atoms with E-state index in [1.54, 1.807) is 20.1 Å². The Balaban J connectivity index is 1.78. The molecule has 0 saturated carbocycles. The van der Waals surface area contributed by atoms with Crippen LogP contribution in [-0.4, -0.2) is 73.3 Å². The average molecular weight is 296 g/mol. The topological polar surface area (TPSA) is 70.8 Å². The van der Waals surface area contributed by atoms with Crippen molar-refractivity contribution in [2.24, 2.45) is 0 Å². The van der Waals surface area contributed by atoms with E-state index in [1.165, 1.54) is 0 Å². The van der Waals surface area contributed by atoms with Crippen molar-refractivity contribution in [1.29, 1.82) is 0 Å². The number of nitrogens with one attached hydrogen (secondary N) is 1. The summed E-state index contributed by atoms with van der Waals surface area (Å²) in [5, 5.41) is 6.57. The van der Waals surface area contributed by atoms with Crippen molar-refractivity contribution < 1.29 is 14.1 Å². The zero-order valence-electron chi connectivity index (χ0n) is 13.0. The molecular weight excluding hydrogens is 272 g/mol. The van der Waals surface area contributed by atoms with Gasteiger partial charge in [0.1, 0.15) is 5.76 Å². The van der Waals surface area contributed by atoms with Gasteiger partial charge in [0.2, 0.25) is 5.91 Å². The molecule has 0 radical (unpaired) electrons. The van der Waals surface area contributed by atoms with Crippen molar-refractivity contribution in [3.05, 3.63) is 11.8 Å². The van der Waals surface area contributed by atoms with Gasteiger partial charge in [-0.2, -0.15) is 0 Å². The van der Waals surface area contributed by atoms with Gasteiger partial charge in [-0.25, -0.2) is 0 Å². The van der Waals surface area contributed by atoms with E-state index in [4.69, 9.17) is 9.26 Å². The Hall–Kier alpha value is -1.44. The number of hydrogen-bond acceptors (Lipinski definition) is 6. The first kappa shape index (κ1) is 15.9. The maximum Gasteiger partial charge on any atom is 0.242 e. The molecule has 21 heavy (non-hydrogen) atoms. The van der Waals surface area contributed by atoms with E-state index in [2.05, 4.69) is 20.3 Å². The fourth-order valence-electron chi connectivity index (χ4n) is 2.42. The van der Waals surface area contributed by atoms with Crippen LogP contribution >= 0.6 is 0 Å². The lowest BCUT2D eigenvalue weighted by molar-refractivity contribution is -0.121. The fourth-order valence-corrected chi connectivity index (χ4v) is 2.42. The second-order valence-electron chi connectivity index (χ2n) is 5.36. The third kappa shape index (κ3) is 4.52. The molecule has 1 aromatic rings. The molecule has 1 unspecified atom stereocenters. The molecule has 1 saturated heterocycles. The number of hydrogen-bond donors (Lipinski definition) is 1. The highest BCUT2D eigenvalue weighted by Crippen LogP contribution is 2.11. The number of carbonyl (C=O) groups excluding carboxylic acids is 1. The van der Waals surface area contributed by atoms with Gasteiger partial charge >= 0.3 is 0 Å². The number of carbonyl (C=O) groups is 1. The van der Waals surface area contributed by atoms with Crippen LogP contribution in [0.2, 0.25) is 0 Å². The predicted molar refractivity (Wildman–Crippen MR) is 79.2 cm³/mol. The minimum atomic E-state index is -0.174. The molecular formula is C14H24N4O3. The van der Waals surface area contributed by atoms with Gasteiger partial charge in [0.05, 0.1) is 12.6 Å². The minimum absolute atomic E-state index is 0.0476. The normalized spacial score (nSPS) is 18.6. The van der Waals surface area contributed by atoms with E-state index in [9.17, 15) is 4.79 Å². The summed E-state index contributed by atoms with van der Waals surface area (Å²) < 4.78 is 10.0. The number of nitrogens with zero attached hydrogens (tertiary/aromatic N) is 3. The lowest BCUT2D eigenvalue weighted by atomic mass is 10.2. The molecule has 0 spiro atoms. The maximum atomic E-state index is 12.2. The van der Waals surface area contributed by atoms with Gasteiger partial charge < -0.3 is 14.6 Å².